The van der Waals surface area contributed by atoms with Crippen LogP contribution in [0.5, 0.6) is 0 Å². The summed E-state index contributed by atoms with van der Waals surface area (Å²) in [6, 6.07) is 0. The van der Waals surface area contributed by atoms with Gasteiger partial charge in [-0.1, -0.05) is 10.2 Å². The molecular weight excluding hydrogens is 212 g/mol. The Morgan fingerprint density at radius 3 is 1.85 bits per heavy atom. The summed E-state index contributed by atoms with van der Waals surface area (Å²) in [5, 5.41) is 6.65. The topological polar surface area (TPSA) is 107 Å². The molecule has 0 aromatic heterocycles. The smallest absolute Gasteiger partial charge is 0.0371 e. The van der Waals surface area contributed by atoms with E-state index in [9.17, 15) is 0 Å². The van der Waals surface area contributed by atoms with Crippen molar-refractivity contribution in [2.45, 2.75) is 0 Å². The first kappa shape index (κ1) is 12.3. The Bertz CT molecular complexity index is 189. The summed E-state index contributed by atoms with van der Waals surface area (Å²) in [6.45, 7) is 0.830. The highest BCUT2D eigenvalue weighted by atomic mass is 32.2. The summed E-state index contributed by atoms with van der Waals surface area (Å²) >= 11 is 2.43. The van der Waals surface area contributed by atoms with E-state index in [0.29, 0.717) is 24.6 Å². The van der Waals surface area contributed by atoms with E-state index in [2.05, 4.69) is 20.1 Å². The summed E-state index contributed by atoms with van der Waals surface area (Å²) in [5.74, 6) is 1.25. The van der Waals surface area contributed by atoms with Crippen LogP contribution in [0.15, 0.2) is 10.2 Å². The van der Waals surface area contributed by atoms with Gasteiger partial charge in [-0.15, -0.1) is 0 Å². The third-order valence-electron chi connectivity index (χ3n) is 0.772. The van der Waals surface area contributed by atoms with Gasteiger partial charge in [-0.25, -0.2) is 3.63 Å². The third kappa shape index (κ3) is 11.3. The van der Waals surface area contributed by atoms with Gasteiger partial charge in [0, 0.05) is 58.5 Å². The first-order chi connectivity index (χ1) is 6.41. The summed E-state index contributed by atoms with van der Waals surface area (Å²) in [7, 11) is 0. The molecule has 0 aromatic carbocycles. The van der Waals surface area contributed by atoms with Crippen molar-refractivity contribution in [3.8, 4) is 0 Å². The average Bonchev–Trinajstić information content (AvgIpc) is 2.16. The van der Waals surface area contributed by atoms with E-state index >= 15 is 0 Å². The van der Waals surface area contributed by atoms with Gasteiger partial charge < -0.3 is 0 Å². The van der Waals surface area contributed by atoms with Crippen LogP contribution >= 0.6 is 24.1 Å². The molecule has 0 heterocycles. The number of hydrogen-bond acceptors (Lipinski definition) is 5. The summed E-state index contributed by atoms with van der Waals surface area (Å²) in [4.78, 5) is 5.18. The molecule has 0 spiro atoms. The zero-order valence-electron chi connectivity index (χ0n) is 6.74. The Balaban J connectivity index is 2.99. The van der Waals surface area contributed by atoms with E-state index in [-0.39, 0.29) is 0 Å². The lowest BCUT2D eigenvalue weighted by Gasteiger charge is -1.96. The highest BCUT2D eigenvalue weighted by molar-refractivity contribution is 8.07. The molecule has 0 amide bonds. The van der Waals surface area contributed by atoms with Gasteiger partial charge in [0.05, 0.1) is 0 Å². The number of hydrogen-bond donors (Lipinski definition) is 0. The Labute approximate surface area is 83.9 Å². The molecule has 0 fully saturated rings. The Morgan fingerprint density at radius 1 is 1.00 bits per heavy atom. The molecule has 0 aliphatic heterocycles. The van der Waals surface area contributed by atoms with E-state index in [1.165, 1.54) is 24.1 Å². The monoisotopic (exact) mass is 220 g/mol. The molecular formula is C4H8N6OS2. The lowest BCUT2D eigenvalue weighted by atomic mass is 10.8. The summed E-state index contributed by atoms with van der Waals surface area (Å²) in [6.07, 6.45) is 0. The van der Waals surface area contributed by atoms with E-state index in [1.807, 2.05) is 0 Å². The Morgan fingerprint density at radius 2 is 1.46 bits per heavy atom. The van der Waals surface area contributed by atoms with E-state index in [4.69, 9.17) is 14.7 Å². The fourth-order valence-electron chi connectivity index (χ4n) is 0.348. The van der Waals surface area contributed by atoms with E-state index in [1.54, 1.807) is 0 Å². The van der Waals surface area contributed by atoms with Crippen molar-refractivity contribution in [3.63, 3.8) is 0 Å². The SMILES string of the molecule is [N-]=[N+]=NCCSOSCCN=[N+]=[N-]. The Hall–Kier alpha value is -0.720. The number of nitrogens with zero attached hydrogens (tertiary/aromatic N) is 6. The molecule has 0 N–H and O–H groups in total. The predicted molar refractivity (Wildman–Crippen MR) is 54.0 cm³/mol. The molecule has 0 saturated carbocycles. The summed E-state index contributed by atoms with van der Waals surface area (Å²) in [5.41, 5.74) is 15.8. The highest BCUT2D eigenvalue weighted by Crippen LogP contribution is 2.13. The van der Waals surface area contributed by atoms with Crippen molar-refractivity contribution in [2.75, 3.05) is 24.6 Å². The average molecular weight is 220 g/mol. The molecule has 9 heteroatoms. The molecule has 0 aliphatic carbocycles. The molecule has 0 rings (SSSR count). The molecule has 72 valence electrons. The number of azide groups is 2. The molecule has 0 aliphatic rings. The zero-order valence-corrected chi connectivity index (χ0v) is 8.37. The maximum absolute atomic E-state index is 7.92. The van der Waals surface area contributed by atoms with Crippen molar-refractivity contribution in [3.05, 3.63) is 20.9 Å². The quantitative estimate of drug-likeness (QED) is 0.206. The van der Waals surface area contributed by atoms with Gasteiger partial charge in [-0.2, -0.15) is 0 Å². The van der Waals surface area contributed by atoms with Gasteiger partial charge in [0.15, 0.2) is 0 Å². The highest BCUT2D eigenvalue weighted by Gasteiger charge is 1.89. The number of rotatable bonds is 8. The fourth-order valence-corrected chi connectivity index (χ4v) is 1.48. The van der Waals surface area contributed by atoms with Crippen LogP contribution in [0.4, 0.5) is 0 Å². The minimum Gasteiger partial charge on any atom is -0.247 e. The molecule has 13 heavy (non-hydrogen) atoms. The van der Waals surface area contributed by atoms with Gasteiger partial charge in [-0.3, -0.25) is 0 Å². The van der Waals surface area contributed by atoms with Crippen LogP contribution < -0.4 is 0 Å². The van der Waals surface area contributed by atoms with Crippen LogP contribution in [-0.2, 0) is 3.63 Å². The van der Waals surface area contributed by atoms with Crippen molar-refractivity contribution < 1.29 is 3.63 Å². The Kier molecular flexibility index (Phi) is 10.7. The maximum Gasteiger partial charge on any atom is 0.0371 e. The van der Waals surface area contributed by atoms with Gasteiger partial charge in [-0.05, 0) is 11.1 Å². The second kappa shape index (κ2) is 11.3. The van der Waals surface area contributed by atoms with Gasteiger partial charge >= 0.3 is 0 Å². The van der Waals surface area contributed by atoms with Crippen molar-refractivity contribution >= 4 is 24.1 Å². The van der Waals surface area contributed by atoms with Crippen LogP contribution in [0.3, 0.4) is 0 Å². The van der Waals surface area contributed by atoms with Gasteiger partial charge in [0.25, 0.3) is 0 Å². The van der Waals surface area contributed by atoms with Crippen LogP contribution in [0.1, 0.15) is 0 Å². The standard InChI is InChI=1S/C4H8N6OS2/c5-9-7-1-3-12-11-13-4-2-8-10-6/h1-4H2. The lowest BCUT2D eigenvalue weighted by Crippen LogP contribution is -1.85. The molecule has 0 aromatic rings. The maximum atomic E-state index is 7.92. The molecule has 0 bridgehead atoms. The van der Waals surface area contributed by atoms with Crippen LogP contribution in [-0.4, -0.2) is 24.6 Å². The van der Waals surface area contributed by atoms with Crippen molar-refractivity contribution in [2.24, 2.45) is 10.2 Å². The van der Waals surface area contributed by atoms with Gasteiger partial charge in [0.2, 0.25) is 0 Å². The predicted octanol–water partition coefficient (Wildman–Crippen LogP) is 2.92. The third-order valence-corrected chi connectivity index (χ3v) is 2.24. The molecule has 0 atom stereocenters. The lowest BCUT2D eigenvalue weighted by molar-refractivity contribution is 0.754. The molecule has 7 nitrogen and oxygen atoms in total. The van der Waals surface area contributed by atoms with E-state index < -0.39 is 0 Å². The fraction of sp³-hybridized carbons (Fsp3) is 1.00. The first-order valence-corrected chi connectivity index (χ1v) is 5.16. The summed E-state index contributed by atoms with van der Waals surface area (Å²) < 4.78 is 4.99. The minimum atomic E-state index is 0.415. The van der Waals surface area contributed by atoms with Crippen molar-refractivity contribution in [1.82, 2.24) is 0 Å². The van der Waals surface area contributed by atoms with E-state index in [0.717, 1.165) is 0 Å². The normalized spacial score (nSPS) is 8.62. The van der Waals surface area contributed by atoms with Crippen molar-refractivity contribution in [1.29, 1.82) is 0 Å². The molecule has 0 saturated heterocycles. The molecule has 0 radical (unpaired) electrons. The van der Waals surface area contributed by atoms with Crippen LogP contribution in [0.2, 0.25) is 0 Å². The second-order valence-electron chi connectivity index (χ2n) is 1.62. The largest absolute Gasteiger partial charge is 0.247 e. The first-order valence-electron chi connectivity index (χ1n) is 3.34. The van der Waals surface area contributed by atoms with Crippen LogP contribution in [0, 0.1) is 0 Å². The second-order valence-corrected chi connectivity index (χ2v) is 3.45. The molecule has 0 unspecified atom stereocenters. The van der Waals surface area contributed by atoms with Crippen LogP contribution in [0.25, 0.3) is 20.9 Å². The minimum absolute atomic E-state index is 0.415. The zero-order chi connectivity index (χ0) is 9.78. The van der Waals surface area contributed by atoms with Gasteiger partial charge in [0.1, 0.15) is 0 Å².